The maximum Gasteiger partial charge on any atom is 0.306 e. The molecule has 0 fully saturated rings. The zero-order chi connectivity index (χ0) is 55.0. The van der Waals surface area contributed by atoms with E-state index in [1.165, 1.54) is 302 Å². The lowest BCUT2D eigenvalue weighted by Gasteiger charge is -2.18. The first-order valence-corrected chi connectivity index (χ1v) is 34.7. The Morgan fingerprint density at radius 1 is 0.250 bits per heavy atom. The van der Waals surface area contributed by atoms with E-state index >= 15 is 0 Å². The van der Waals surface area contributed by atoms with Gasteiger partial charge in [-0.1, -0.05) is 348 Å². The van der Waals surface area contributed by atoms with Crippen LogP contribution in [-0.4, -0.2) is 37.2 Å². The molecule has 0 aliphatic rings. The van der Waals surface area contributed by atoms with Crippen LogP contribution in [0.5, 0.6) is 0 Å². The highest BCUT2D eigenvalue weighted by atomic mass is 16.6. The van der Waals surface area contributed by atoms with Crippen LogP contribution in [0.4, 0.5) is 0 Å². The van der Waals surface area contributed by atoms with Gasteiger partial charge in [0.25, 0.3) is 0 Å². The summed E-state index contributed by atoms with van der Waals surface area (Å²) < 4.78 is 17.0. The van der Waals surface area contributed by atoms with Crippen molar-refractivity contribution in [3.8, 4) is 0 Å². The predicted octanol–water partition coefficient (Wildman–Crippen LogP) is 23.6. The van der Waals surface area contributed by atoms with Gasteiger partial charge >= 0.3 is 17.9 Å². The van der Waals surface area contributed by atoms with Crippen molar-refractivity contribution in [2.24, 2.45) is 0 Å². The van der Waals surface area contributed by atoms with E-state index in [0.717, 1.165) is 57.8 Å². The number of ether oxygens (including phenoxy) is 3. The Kier molecular flexibility index (Phi) is 64.1. The highest BCUT2D eigenvalue weighted by Crippen LogP contribution is 2.19. The number of allylic oxidation sites excluding steroid dienone is 2. The molecule has 0 saturated heterocycles. The molecule has 0 aromatic heterocycles. The van der Waals surface area contributed by atoms with E-state index in [-0.39, 0.29) is 31.1 Å². The first-order chi connectivity index (χ1) is 37.5. The van der Waals surface area contributed by atoms with Crippen LogP contribution in [0.3, 0.4) is 0 Å². The molecule has 450 valence electrons. The zero-order valence-electron chi connectivity index (χ0n) is 51.8. The van der Waals surface area contributed by atoms with E-state index in [0.29, 0.717) is 19.3 Å². The molecule has 1 unspecified atom stereocenters. The largest absolute Gasteiger partial charge is 0.462 e. The Hall–Kier alpha value is -1.85. The normalized spacial score (nSPS) is 12.0. The lowest BCUT2D eigenvalue weighted by Crippen LogP contribution is -2.30. The maximum atomic E-state index is 12.9. The molecule has 0 rings (SSSR count). The van der Waals surface area contributed by atoms with Crippen molar-refractivity contribution < 1.29 is 28.6 Å². The Morgan fingerprint density at radius 3 is 0.658 bits per heavy atom. The van der Waals surface area contributed by atoms with Gasteiger partial charge in [0.2, 0.25) is 0 Å². The number of unbranched alkanes of at least 4 members (excludes halogenated alkanes) is 52. The minimum Gasteiger partial charge on any atom is -0.462 e. The first kappa shape index (κ1) is 74.2. The topological polar surface area (TPSA) is 78.9 Å². The van der Waals surface area contributed by atoms with Gasteiger partial charge in [0.15, 0.2) is 6.10 Å². The number of esters is 3. The minimum atomic E-state index is -0.764. The molecule has 6 nitrogen and oxygen atoms in total. The molecule has 0 saturated carbocycles. The Bertz CT molecular complexity index is 1180. The number of hydrogen-bond donors (Lipinski definition) is 0. The van der Waals surface area contributed by atoms with E-state index in [1.54, 1.807) is 0 Å². The quantitative estimate of drug-likeness (QED) is 0.0261. The van der Waals surface area contributed by atoms with Crippen LogP contribution in [0.2, 0.25) is 0 Å². The van der Waals surface area contributed by atoms with E-state index in [9.17, 15) is 14.4 Å². The van der Waals surface area contributed by atoms with Gasteiger partial charge in [-0.25, -0.2) is 0 Å². The molecule has 0 radical (unpaired) electrons. The zero-order valence-corrected chi connectivity index (χ0v) is 51.8. The summed E-state index contributed by atoms with van der Waals surface area (Å²) in [7, 11) is 0. The fourth-order valence-corrected chi connectivity index (χ4v) is 10.8. The SMILES string of the molecule is CCCCCCCCCC/C=C\CCCCCCCCCCCCCCCCCC(=O)OCC(COC(=O)CCCCCCCCCCCC)OC(=O)CCCCCCCCCCCCCCCCCCCCCCC. The van der Waals surface area contributed by atoms with Crippen LogP contribution in [0, 0.1) is 0 Å². The fraction of sp³-hybridized carbons (Fsp3) is 0.929. The van der Waals surface area contributed by atoms with Gasteiger partial charge in [0.1, 0.15) is 13.2 Å². The monoisotopic (exact) mass is 1070 g/mol. The molecule has 0 heterocycles. The van der Waals surface area contributed by atoms with Gasteiger partial charge in [-0.3, -0.25) is 14.4 Å². The summed E-state index contributed by atoms with van der Waals surface area (Å²) in [5.41, 5.74) is 0. The van der Waals surface area contributed by atoms with Crippen LogP contribution < -0.4 is 0 Å². The lowest BCUT2D eigenvalue weighted by atomic mass is 10.0. The second-order valence-corrected chi connectivity index (χ2v) is 23.8. The molecule has 0 amide bonds. The van der Waals surface area contributed by atoms with Crippen molar-refractivity contribution >= 4 is 17.9 Å². The molecule has 0 aromatic rings. The number of rotatable bonds is 65. The van der Waals surface area contributed by atoms with Gasteiger partial charge in [0.05, 0.1) is 0 Å². The van der Waals surface area contributed by atoms with Gasteiger partial charge in [-0.15, -0.1) is 0 Å². The minimum absolute atomic E-state index is 0.0628. The molecule has 0 spiro atoms. The van der Waals surface area contributed by atoms with Gasteiger partial charge in [-0.2, -0.15) is 0 Å². The number of hydrogen-bond acceptors (Lipinski definition) is 6. The third-order valence-electron chi connectivity index (χ3n) is 16.0. The van der Waals surface area contributed by atoms with Crippen LogP contribution in [0.25, 0.3) is 0 Å². The molecular formula is C70H134O6. The summed E-state index contributed by atoms with van der Waals surface area (Å²) in [6.07, 6.45) is 78.2. The average Bonchev–Trinajstić information content (AvgIpc) is 3.42. The fourth-order valence-electron chi connectivity index (χ4n) is 10.8. The van der Waals surface area contributed by atoms with Crippen LogP contribution >= 0.6 is 0 Å². The molecule has 0 aromatic carbocycles. The molecule has 0 N–H and O–H groups in total. The molecule has 76 heavy (non-hydrogen) atoms. The third kappa shape index (κ3) is 63.0. The third-order valence-corrected chi connectivity index (χ3v) is 16.0. The molecule has 6 heteroatoms. The Balaban J connectivity index is 4.12. The summed E-state index contributed by atoms with van der Waals surface area (Å²) >= 11 is 0. The summed E-state index contributed by atoms with van der Waals surface area (Å²) in [6, 6.07) is 0. The van der Waals surface area contributed by atoms with Crippen molar-refractivity contribution in [2.45, 2.75) is 406 Å². The van der Waals surface area contributed by atoms with E-state index in [1.807, 2.05) is 0 Å². The van der Waals surface area contributed by atoms with E-state index in [4.69, 9.17) is 14.2 Å². The second-order valence-electron chi connectivity index (χ2n) is 23.8. The number of carbonyl (C=O) groups excluding carboxylic acids is 3. The molecular weight excluding hydrogens is 937 g/mol. The van der Waals surface area contributed by atoms with Crippen molar-refractivity contribution in [3.63, 3.8) is 0 Å². The maximum absolute atomic E-state index is 12.9. The molecule has 0 bridgehead atoms. The van der Waals surface area contributed by atoms with E-state index in [2.05, 4.69) is 32.9 Å². The smallest absolute Gasteiger partial charge is 0.306 e. The molecule has 0 aliphatic carbocycles. The van der Waals surface area contributed by atoms with Crippen LogP contribution in [0.1, 0.15) is 400 Å². The van der Waals surface area contributed by atoms with Crippen molar-refractivity contribution in [1.82, 2.24) is 0 Å². The molecule has 0 aliphatic heterocycles. The first-order valence-electron chi connectivity index (χ1n) is 34.7. The summed E-state index contributed by atoms with van der Waals surface area (Å²) in [5.74, 6) is -0.831. The highest BCUT2D eigenvalue weighted by Gasteiger charge is 2.19. The Morgan fingerprint density at radius 2 is 0.434 bits per heavy atom. The standard InChI is InChI=1S/C70H134O6/c1-4-7-10-13-16-19-22-24-26-28-30-32-33-34-35-36-37-39-40-42-44-46-48-51-54-57-60-63-69(72)75-66-67(65-74-68(71)62-59-56-53-50-21-18-15-12-9-6-3)76-70(73)64-61-58-55-52-49-47-45-43-41-38-31-29-27-25-23-20-17-14-11-8-5-2/h28,30,67H,4-27,29,31-66H2,1-3H3/b30-28-. The second kappa shape index (κ2) is 65.7. The van der Waals surface area contributed by atoms with Crippen molar-refractivity contribution in [1.29, 1.82) is 0 Å². The summed E-state index contributed by atoms with van der Waals surface area (Å²) in [5, 5.41) is 0. The molecule has 1 atom stereocenters. The summed E-state index contributed by atoms with van der Waals surface area (Å²) in [4.78, 5) is 38.3. The highest BCUT2D eigenvalue weighted by molar-refractivity contribution is 5.71. The van der Waals surface area contributed by atoms with Crippen molar-refractivity contribution in [3.05, 3.63) is 12.2 Å². The van der Waals surface area contributed by atoms with Gasteiger partial charge in [-0.05, 0) is 44.9 Å². The summed E-state index contributed by atoms with van der Waals surface area (Å²) in [6.45, 7) is 6.71. The van der Waals surface area contributed by atoms with Crippen LogP contribution in [0.15, 0.2) is 12.2 Å². The van der Waals surface area contributed by atoms with Crippen molar-refractivity contribution in [2.75, 3.05) is 13.2 Å². The predicted molar refractivity (Wildman–Crippen MR) is 330 cm³/mol. The Labute approximate surface area is 475 Å². The average molecular weight is 1070 g/mol. The number of carbonyl (C=O) groups is 3. The lowest BCUT2D eigenvalue weighted by molar-refractivity contribution is -0.167. The van der Waals surface area contributed by atoms with E-state index < -0.39 is 6.10 Å². The van der Waals surface area contributed by atoms with Crippen LogP contribution in [-0.2, 0) is 28.6 Å². The van der Waals surface area contributed by atoms with Gasteiger partial charge in [0, 0.05) is 19.3 Å². The van der Waals surface area contributed by atoms with Gasteiger partial charge < -0.3 is 14.2 Å².